The smallest absolute Gasteiger partial charge is 0.224 e. The molecule has 0 spiro atoms. The maximum absolute atomic E-state index is 11.6. The van der Waals surface area contributed by atoms with E-state index in [1.165, 1.54) is 0 Å². The number of carbonyl (C=O) groups is 1. The van der Waals surface area contributed by atoms with Gasteiger partial charge in [-0.1, -0.05) is 22.4 Å². The highest BCUT2D eigenvalue weighted by Gasteiger charge is 2.02. The molecule has 17 heavy (non-hydrogen) atoms. The van der Waals surface area contributed by atoms with E-state index in [0.717, 1.165) is 36.0 Å². The summed E-state index contributed by atoms with van der Waals surface area (Å²) < 4.78 is 5.05. The average Bonchev–Trinajstić information content (AvgIpc) is 2.36. The van der Waals surface area contributed by atoms with Crippen molar-refractivity contribution in [2.45, 2.75) is 25.7 Å². The van der Waals surface area contributed by atoms with Gasteiger partial charge in [0, 0.05) is 17.4 Å². The lowest BCUT2D eigenvalue weighted by Gasteiger charge is -2.06. The van der Waals surface area contributed by atoms with Gasteiger partial charge in [0.05, 0.1) is 7.11 Å². The normalized spacial score (nSPS) is 10.0. The molecule has 1 aromatic rings. The summed E-state index contributed by atoms with van der Waals surface area (Å²) in [6.45, 7) is 0. The van der Waals surface area contributed by atoms with Gasteiger partial charge in [0.15, 0.2) is 0 Å². The minimum absolute atomic E-state index is 0.0738. The second-order valence-electron chi connectivity index (χ2n) is 3.78. The van der Waals surface area contributed by atoms with Gasteiger partial charge in [-0.25, -0.2) is 0 Å². The molecule has 0 atom stereocenters. The zero-order valence-electron chi connectivity index (χ0n) is 10.0. The number of nitrogens with one attached hydrogen (secondary N) is 1. The molecule has 0 saturated heterocycles. The van der Waals surface area contributed by atoms with Gasteiger partial charge in [0.2, 0.25) is 5.91 Å². The molecule has 0 radical (unpaired) electrons. The van der Waals surface area contributed by atoms with Gasteiger partial charge >= 0.3 is 0 Å². The van der Waals surface area contributed by atoms with Crippen molar-refractivity contribution in [3.63, 3.8) is 0 Å². The summed E-state index contributed by atoms with van der Waals surface area (Å²) in [6, 6.07) is 7.35. The van der Waals surface area contributed by atoms with E-state index in [1.807, 2.05) is 24.3 Å². The van der Waals surface area contributed by atoms with E-state index in [0.29, 0.717) is 6.42 Å². The molecular weight excluding hydrogens is 282 g/mol. The number of ether oxygens (including phenoxy) is 1. The third-order valence-corrected chi connectivity index (χ3v) is 2.97. The van der Waals surface area contributed by atoms with Crippen LogP contribution in [0.25, 0.3) is 0 Å². The molecule has 1 aromatic carbocycles. The standard InChI is InChI=1S/C13H18BrNO2/c1-17-12-8-6-11(7-9-12)15-13(16)5-3-2-4-10-14/h6-9H,2-5,10H2,1H3,(H,15,16). The maximum atomic E-state index is 11.6. The molecule has 0 aliphatic heterocycles. The highest BCUT2D eigenvalue weighted by atomic mass is 79.9. The van der Waals surface area contributed by atoms with Gasteiger partial charge in [0.25, 0.3) is 0 Å². The largest absolute Gasteiger partial charge is 0.497 e. The van der Waals surface area contributed by atoms with E-state index in [9.17, 15) is 4.79 Å². The summed E-state index contributed by atoms with van der Waals surface area (Å²) in [5.74, 6) is 0.866. The molecule has 1 rings (SSSR count). The lowest BCUT2D eigenvalue weighted by atomic mass is 10.2. The first-order chi connectivity index (χ1) is 8.26. The van der Waals surface area contributed by atoms with Crippen molar-refractivity contribution in [3.8, 4) is 5.75 Å². The minimum Gasteiger partial charge on any atom is -0.497 e. The van der Waals surface area contributed by atoms with Crippen molar-refractivity contribution in [1.82, 2.24) is 0 Å². The van der Waals surface area contributed by atoms with E-state index in [4.69, 9.17) is 4.74 Å². The van der Waals surface area contributed by atoms with E-state index in [2.05, 4.69) is 21.2 Å². The number of amides is 1. The van der Waals surface area contributed by atoms with Crippen LogP contribution in [0.2, 0.25) is 0 Å². The fourth-order valence-corrected chi connectivity index (χ4v) is 1.85. The Balaban J connectivity index is 2.29. The van der Waals surface area contributed by atoms with Crippen LogP contribution >= 0.6 is 15.9 Å². The molecule has 3 nitrogen and oxygen atoms in total. The Kier molecular flexibility index (Phi) is 6.70. The van der Waals surface area contributed by atoms with E-state index in [1.54, 1.807) is 7.11 Å². The van der Waals surface area contributed by atoms with Crippen LogP contribution in [0, 0.1) is 0 Å². The average molecular weight is 300 g/mol. The predicted octanol–water partition coefficient (Wildman–Crippen LogP) is 3.59. The minimum atomic E-state index is 0.0738. The molecule has 0 saturated carbocycles. The molecule has 0 heterocycles. The predicted molar refractivity (Wildman–Crippen MR) is 73.9 cm³/mol. The van der Waals surface area contributed by atoms with E-state index in [-0.39, 0.29) is 5.91 Å². The number of anilines is 1. The molecule has 0 aliphatic rings. The monoisotopic (exact) mass is 299 g/mol. The summed E-state index contributed by atoms with van der Waals surface area (Å²) >= 11 is 3.37. The molecule has 94 valence electrons. The molecule has 0 aromatic heterocycles. The Bertz CT molecular complexity index is 338. The highest BCUT2D eigenvalue weighted by molar-refractivity contribution is 9.09. The van der Waals surface area contributed by atoms with Crippen LogP contribution < -0.4 is 10.1 Å². The van der Waals surface area contributed by atoms with Crippen molar-refractivity contribution in [1.29, 1.82) is 0 Å². The van der Waals surface area contributed by atoms with Gasteiger partial charge in [-0.2, -0.15) is 0 Å². The fourth-order valence-electron chi connectivity index (χ4n) is 1.45. The van der Waals surface area contributed by atoms with Crippen LogP contribution in [0.3, 0.4) is 0 Å². The number of methoxy groups -OCH3 is 1. The van der Waals surface area contributed by atoms with Crippen LogP contribution in [-0.4, -0.2) is 18.3 Å². The van der Waals surface area contributed by atoms with E-state index < -0.39 is 0 Å². The third kappa shape index (κ3) is 5.73. The first-order valence-electron chi connectivity index (χ1n) is 5.76. The Hall–Kier alpha value is -1.03. The third-order valence-electron chi connectivity index (χ3n) is 2.41. The number of halogens is 1. The number of rotatable bonds is 7. The lowest BCUT2D eigenvalue weighted by molar-refractivity contribution is -0.116. The number of hydrogen-bond acceptors (Lipinski definition) is 2. The number of alkyl halides is 1. The van der Waals surface area contributed by atoms with Gasteiger partial charge in [-0.3, -0.25) is 4.79 Å². The summed E-state index contributed by atoms with van der Waals surface area (Å²) in [6.07, 6.45) is 3.73. The van der Waals surface area contributed by atoms with Gasteiger partial charge in [-0.05, 0) is 37.1 Å². The Labute approximate surface area is 111 Å². The summed E-state index contributed by atoms with van der Waals surface area (Å²) in [4.78, 5) is 11.6. The second kappa shape index (κ2) is 8.12. The maximum Gasteiger partial charge on any atom is 0.224 e. The van der Waals surface area contributed by atoms with Crippen LogP contribution in [0.4, 0.5) is 5.69 Å². The van der Waals surface area contributed by atoms with Crippen molar-refractivity contribution >= 4 is 27.5 Å². The fraction of sp³-hybridized carbons (Fsp3) is 0.462. The van der Waals surface area contributed by atoms with Crippen LogP contribution in [0.5, 0.6) is 5.75 Å². The SMILES string of the molecule is COc1ccc(NC(=O)CCCCCBr)cc1. The number of benzene rings is 1. The first-order valence-corrected chi connectivity index (χ1v) is 6.88. The van der Waals surface area contributed by atoms with Gasteiger partial charge in [-0.15, -0.1) is 0 Å². The quantitative estimate of drug-likeness (QED) is 0.617. The lowest BCUT2D eigenvalue weighted by Crippen LogP contribution is -2.10. The Morgan fingerprint density at radius 1 is 1.24 bits per heavy atom. The summed E-state index contributed by atoms with van der Waals surface area (Å²) in [5, 5.41) is 3.87. The first kappa shape index (κ1) is 14.0. The topological polar surface area (TPSA) is 38.3 Å². The molecule has 1 amide bonds. The van der Waals surface area contributed by atoms with Gasteiger partial charge in [0.1, 0.15) is 5.75 Å². The zero-order valence-corrected chi connectivity index (χ0v) is 11.6. The zero-order chi connectivity index (χ0) is 12.5. The van der Waals surface area contributed by atoms with Crippen molar-refractivity contribution in [2.24, 2.45) is 0 Å². The molecular formula is C13H18BrNO2. The number of carbonyl (C=O) groups excluding carboxylic acids is 1. The van der Waals surface area contributed by atoms with Crippen molar-refractivity contribution in [2.75, 3.05) is 17.8 Å². The van der Waals surface area contributed by atoms with Crippen molar-refractivity contribution < 1.29 is 9.53 Å². The van der Waals surface area contributed by atoms with Crippen LogP contribution in [0.15, 0.2) is 24.3 Å². The summed E-state index contributed by atoms with van der Waals surface area (Å²) in [7, 11) is 1.62. The molecule has 0 unspecified atom stereocenters. The molecule has 1 N–H and O–H groups in total. The number of hydrogen-bond donors (Lipinski definition) is 1. The number of unbranched alkanes of at least 4 members (excludes halogenated alkanes) is 2. The Morgan fingerprint density at radius 2 is 1.94 bits per heavy atom. The van der Waals surface area contributed by atoms with E-state index >= 15 is 0 Å². The van der Waals surface area contributed by atoms with Crippen LogP contribution in [-0.2, 0) is 4.79 Å². The highest BCUT2D eigenvalue weighted by Crippen LogP contribution is 2.15. The second-order valence-corrected chi connectivity index (χ2v) is 4.57. The Morgan fingerprint density at radius 3 is 2.53 bits per heavy atom. The molecule has 0 bridgehead atoms. The van der Waals surface area contributed by atoms with Gasteiger partial charge < -0.3 is 10.1 Å². The molecule has 0 fully saturated rings. The summed E-state index contributed by atoms with van der Waals surface area (Å²) in [5.41, 5.74) is 0.816. The van der Waals surface area contributed by atoms with Crippen LogP contribution in [0.1, 0.15) is 25.7 Å². The van der Waals surface area contributed by atoms with Crippen molar-refractivity contribution in [3.05, 3.63) is 24.3 Å². The molecule has 4 heteroatoms. The molecule has 0 aliphatic carbocycles.